The predicted molar refractivity (Wildman–Crippen MR) is 66.1 cm³/mol. The van der Waals surface area contributed by atoms with Crippen LogP contribution in [0.1, 0.15) is 24.9 Å². The lowest BCUT2D eigenvalue weighted by molar-refractivity contribution is 0.104. The lowest BCUT2D eigenvalue weighted by atomic mass is 10.1. The van der Waals surface area contributed by atoms with Gasteiger partial charge in [0, 0.05) is 5.56 Å². The summed E-state index contributed by atoms with van der Waals surface area (Å²) in [6, 6.07) is 10.2. The van der Waals surface area contributed by atoms with E-state index in [0.29, 0.717) is 21.1 Å². The number of rotatable bonds is 4. The number of carbonyl (C=O) groups excluding carboxylic acids is 2. The number of carbonyl (C=O) groups is 2. The van der Waals surface area contributed by atoms with Gasteiger partial charge in [-0.25, -0.2) is 0 Å². The minimum Gasteiger partial charge on any atom is -0.497 e. The molecule has 2 aromatic rings. The van der Waals surface area contributed by atoms with E-state index in [9.17, 15) is 9.59 Å². The smallest absolute Gasteiger partial charge is 0.202 e. The molecule has 0 amide bonds. The van der Waals surface area contributed by atoms with Crippen molar-refractivity contribution in [3.63, 3.8) is 0 Å². The van der Waals surface area contributed by atoms with Gasteiger partial charge < -0.3 is 4.74 Å². The van der Waals surface area contributed by atoms with Crippen molar-refractivity contribution < 1.29 is 14.3 Å². The van der Waals surface area contributed by atoms with Crippen LogP contribution in [-0.4, -0.2) is 19.2 Å². The highest BCUT2D eigenvalue weighted by Crippen LogP contribution is 2.20. The Hall–Kier alpha value is -1.94. The molecule has 1 aromatic heterocycles. The van der Waals surface area contributed by atoms with Crippen molar-refractivity contribution in [3.8, 4) is 5.75 Å². The Morgan fingerprint density at radius 3 is 2.41 bits per heavy atom. The summed E-state index contributed by atoms with van der Waals surface area (Å²) in [7, 11) is 1.58. The van der Waals surface area contributed by atoms with Crippen LogP contribution < -0.4 is 4.74 Å². The van der Waals surface area contributed by atoms with E-state index in [1.54, 1.807) is 43.5 Å². The van der Waals surface area contributed by atoms with Crippen LogP contribution in [0.4, 0.5) is 0 Å². The Morgan fingerprint density at radius 2 is 1.88 bits per heavy atom. The van der Waals surface area contributed by atoms with Crippen molar-refractivity contribution in [2.24, 2.45) is 0 Å². The largest absolute Gasteiger partial charge is 0.497 e. The molecule has 0 saturated heterocycles. The average Bonchev–Trinajstić information content (AvgIpc) is 2.87. The highest BCUT2D eigenvalue weighted by atomic mass is 32.1. The maximum atomic E-state index is 12.0. The van der Waals surface area contributed by atoms with Crippen molar-refractivity contribution in [3.05, 3.63) is 51.7 Å². The van der Waals surface area contributed by atoms with Gasteiger partial charge in [0.2, 0.25) is 5.78 Å². The number of benzene rings is 1. The van der Waals surface area contributed by atoms with Gasteiger partial charge in [0.25, 0.3) is 0 Å². The quantitative estimate of drug-likeness (QED) is 0.615. The normalized spacial score (nSPS) is 9.94. The highest BCUT2D eigenvalue weighted by Gasteiger charge is 2.11. The van der Waals surface area contributed by atoms with Crippen LogP contribution in [0.15, 0.2) is 36.4 Å². The minimum absolute atomic E-state index is 0.0780. The lowest BCUT2D eigenvalue weighted by Gasteiger charge is -2.01. The van der Waals surface area contributed by atoms with E-state index in [4.69, 9.17) is 4.74 Å². The average molecular weight is 246 g/mol. The summed E-state index contributed by atoms with van der Waals surface area (Å²) < 4.78 is 5.02. The van der Waals surface area contributed by atoms with Gasteiger partial charge in [-0.15, -0.1) is 11.3 Å². The first-order valence-electron chi connectivity index (χ1n) is 4.98. The van der Waals surface area contributed by atoms with Crippen LogP contribution in [-0.2, 0) is 0 Å². The summed E-state index contributed by atoms with van der Waals surface area (Å²) in [4.78, 5) is 23.7. The zero-order valence-corrected chi connectivity index (χ0v) is 9.99. The third-order valence-electron chi connectivity index (χ3n) is 2.32. The molecule has 0 aliphatic heterocycles. The molecule has 0 aliphatic rings. The number of thiophene rings is 1. The molecule has 0 radical (unpaired) electrons. The summed E-state index contributed by atoms with van der Waals surface area (Å²) in [5.41, 5.74) is 0.588. The number of aldehydes is 1. The predicted octanol–water partition coefficient (Wildman–Crippen LogP) is 2.80. The van der Waals surface area contributed by atoms with E-state index in [2.05, 4.69) is 0 Å². The molecule has 0 bridgehead atoms. The van der Waals surface area contributed by atoms with E-state index in [1.807, 2.05) is 0 Å². The molecule has 0 fully saturated rings. The molecule has 1 heterocycles. The van der Waals surface area contributed by atoms with Crippen LogP contribution in [0.2, 0.25) is 0 Å². The van der Waals surface area contributed by atoms with Crippen LogP contribution in [0, 0.1) is 0 Å². The maximum Gasteiger partial charge on any atom is 0.202 e. The summed E-state index contributed by atoms with van der Waals surface area (Å²) in [6.07, 6.45) is 0.746. The molecule has 1 aromatic carbocycles. The fraction of sp³-hybridized carbons (Fsp3) is 0.0769. The second kappa shape index (κ2) is 4.93. The second-order valence-corrected chi connectivity index (χ2v) is 4.49. The molecule has 0 N–H and O–H groups in total. The first-order valence-corrected chi connectivity index (χ1v) is 5.80. The van der Waals surface area contributed by atoms with Crippen LogP contribution >= 0.6 is 11.3 Å². The van der Waals surface area contributed by atoms with Crippen molar-refractivity contribution in [1.29, 1.82) is 0 Å². The van der Waals surface area contributed by atoms with Crippen LogP contribution in [0.5, 0.6) is 5.75 Å². The molecule has 2 rings (SSSR count). The van der Waals surface area contributed by atoms with Crippen LogP contribution in [0.25, 0.3) is 0 Å². The van der Waals surface area contributed by atoms with Gasteiger partial charge in [0.1, 0.15) is 5.75 Å². The Bertz CT molecular complexity index is 540. The number of ketones is 1. The third kappa shape index (κ3) is 2.42. The molecule has 0 saturated carbocycles. The number of methoxy groups -OCH3 is 1. The van der Waals surface area contributed by atoms with Gasteiger partial charge in [0.15, 0.2) is 6.29 Å². The van der Waals surface area contributed by atoms with E-state index >= 15 is 0 Å². The summed E-state index contributed by atoms with van der Waals surface area (Å²) in [5.74, 6) is 0.632. The third-order valence-corrected chi connectivity index (χ3v) is 3.33. The Kier molecular flexibility index (Phi) is 3.35. The Morgan fingerprint density at radius 1 is 1.18 bits per heavy atom. The van der Waals surface area contributed by atoms with E-state index in [-0.39, 0.29) is 5.78 Å². The summed E-state index contributed by atoms with van der Waals surface area (Å²) in [5, 5.41) is 0. The first kappa shape index (κ1) is 11.5. The topological polar surface area (TPSA) is 43.4 Å². The zero-order valence-electron chi connectivity index (χ0n) is 9.17. The Labute approximate surface area is 103 Å². The van der Waals surface area contributed by atoms with Gasteiger partial charge in [-0.2, -0.15) is 0 Å². The monoisotopic (exact) mass is 246 g/mol. The van der Waals surface area contributed by atoms with Crippen molar-refractivity contribution >= 4 is 23.4 Å². The first-order chi connectivity index (χ1) is 8.24. The summed E-state index contributed by atoms with van der Waals surface area (Å²) in [6.45, 7) is 0. The number of hydrogen-bond acceptors (Lipinski definition) is 4. The van der Waals surface area contributed by atoms with E-state index < -0.39 is 0 Å². The molecule has 0 spiro atoms. The lowest BCUT2D eigenvalue weighted by Crippen LogP contribution is -1.98. The molecule has 0 unspecified atom stereocenters. The maximum absolute atomic E-state index is 12.0. The molecule has 17 heavy (non-hydrogen) atoms. The molecule has 3 nitrogen and oxygen atoms in total. The minimum atomic E-state index is -0.0780. The number of hydrogen-bond donors (Lipinski definition) is 0. The molecular formula is C13H10O3S. The highest BCUT2D eigenvalue weighted by molar-refractivity contribution is 7.15. The second-order valence-electron chi connectivity index (χ2n) is 3.38. The fourth-order valence-electron chi connectivity index (χ4n) is 1.42. The van der Waals surface area contributed by atoms with Gasteiger partial charge in [-0.3, -0.25) is 9.59 Å². The van der Waals surface area contributed by atoms with Crippen LogP contribution in [0.3, 0.4) is 0 Å². The Balaban J connectivity index is 2.26. The van der Waals surface area contributed by atoms with Crippen molar-refractivity contribution in [2.45, 2.75) is 0 Å². The molecule has 86 valence electrons. The van der Waals surface area contributed by atoms with E-state index in [1.165, 1.54) is 11.3 Å². The summed E-state index contributed by atoms with van der Waals surface area (Å²) >= 11 is 1.20. The molecule has 4 heteroatoms. The zero-order chi connectivity index (χ0) is 12.3. The van der Waals surface area contributed by atoms with Gasteiger partial charge in [-0.1, -0.05) is 0 Å². The van der Waals surface area contributed by atoms with Gasteiger partial charge in [0.05, 0.1) is 16.9 Å². The van der Waals surface area contributed by atoms with E-state index in [0.717, 1.165) is 6.29 Å². The standard InChI is InChI=1S/C13H10O3S/c1-16-10-4-2-9(3-5-10)13(15)12-7-6-11(8-14)17-12/h2-8H,1H3. The molecular weight excluding hydrogens is 236 g/mol. The van der Waals surface area contributed by atoms with Gasteiger partial charge in [-0.05, 0) is 36.4 Å². The molecule has 0 aliphatic carbocycles. The SMILES string of the molecule is COc1ccc(C(=O)c2ccc(C=O)s2)cc1. The number of ether oxygens (including phenoxy) is 1. The molecule has 0 atom stereocenters. The van der Waals surface area contributed by atoms with Crippen molar-refractivity contribution in [2.75, 3.05) is 7.11 Å². The van der Waals surface area contributed by atoms with Gasteiger partial charge >= 0.3 is 0 Å². The van der Waals surface area contributed by atoms with Crippen molar-refractivity contribution in [1.82, 2.24) is 0 Å². The fourth-order valence-corrected chi connectivity index (χ4v) is 2.21.